The van der Waals surface area contributed by atoms with Gasteiger partial charge in [-0.25, -0.2) is 4.98 Å². The van der Waals surface area contributed by atoms with Crippen molar-refractivity contribution in [1.82, 2.24) is 9.97 Å². The van der Waals surface area contributed by atoms with Crippen LogP contribution in [-0.2, 0) is 52.1 Å². The number of H-pyrrole nitrogens is 1. The van der Waals surface area contributed by atoms with Gasteiger partial charge in [0.05, 0.1) is 145 Å². The van der Waals surface area contributed by atoms with Crippen molar-refractivity contribution in [3.8, 4) is 61.6 Å². The molecule has 11 atom stereocenters. The molecule has 0 fully saturated rings. The van der Waals surface area contributed by atoms with Crippen LogP contribution in [0.25, 0.3) is 66.9 Å². The number of methoxy groups -OCH3 is 1. The summed E-state index contributed by atoms with van der Waals surface area (Å²) < 4.78 is 71.4. The number of nitrogens with zero attached hydrogens (tertiary/aromatic N) is 1. The number of hydrogen-bond acceptors (Lipinski definition) is 13. The number of rotatable bonds is 39. The second-order valence-electron chi connectivity index (χ2n) is 22.7. The Bertz CT molecular complexity index is 2820. The highest BCUT2D eigenvalue weighted by Crippen LogP contribution is 2.38. The SMILES string of the molecule is COCC(C)OCC(C)OCC(C)OCC(C)OCC(C)OCC(C)OCC(C)OCC(C)OCC(C)OCC(C)OCC(C)Oc1ccc(-c2nc3c(-c4ccc(-c5ccccc5)cc4)ccc(-c4ccc(-c5ccccc5)cc4)c3[nH]2)cc1. The third kappa shape index (κ3) is 22.4. The van der Waals surface area contributed by atoms with Crippen LogP contribution < -0.4 is 4.74 Å². The predicted octanol–water partition coefficient (Wildman–Crippen LogP) is 14.4. The number of nitrogens with one attached hydrogen (secondary N) is 1. The van der Waals surface area contributed by atoms with E-state index in [4.69, 9.17) is 61.8 Å². The van der Waals surface area contributed by atoms with E-state index in [1.54, 1.807) is 7.11 Å². The van der Waals surface area contributed by atoms with Gasteiger partial charge in [-0.15, -0.1) is 0 Å². The number of hydrogen-bond donors (Lipinski definition) is 1. The highest BCUT2D eigenvalue weighted by molar-refractivity contribution is 6.02. The number of imidazole rings is 1. The molecular formula is C71H94N2O12. The Labute approximate surface area is 506 Å². The lowest BCUT2D eigenvalue weighted by atomic mass is 9.95. The largest absolute Gasteiger partial charge is 0.488 e. The Morgan fingerprint density at radius 1 is 0.294 bits per heavy atom. The lowest BCUT2D eigenvalue weighted by molar-refractivity contribution is -0.113. The van der Waals surface area contributed by atoms with Crippen LogP contribution in [0.2, 0.25) is 0 Å². The number of benzene rings is 6. The van der Waals surface area contributed by atoms with Crippen molar-refractivity contribution >= 4 is 11.0 Å². The van der Waals surface area contributed by atoms with Crippen molar-refractivity contribution in [1.29, 1.82) is 0 Å². The smallest absolute Gasteiger partial charge is 0.138 e. The lowest BCUT2D eigenvalue weighted by Crippen LogP contribution is -2.31. The molecule has 14 nitrogen and oxygen atoms in total. The van der Waals surface area contributed by atoms with Gasteiger partial charge in [-0.3, -0.25) is 0 Å². The minimum atomic E-state index is -0.189. The summed E-state index contributed by atoms with van der Waals surface area (Å²) in [4.78, 5) is 9.00. The summed E-state index contributed by atoms with van der Waals surface area (Å²) in [6, 6.07) is 50.9. The van der Waals surface area contributed by atoms with E-state index in [0.717, 1.165) is 50.4 Å². The lowest BCUT2D eigenvalue weighted by Gasteiger charge is -2.23. The summed E-state index contributed by atoms with van der Waals surface area (Å²) in [5, 5.41) is 0. The monoisotopic (exact) mass is 1170 g/mol. The maximum Gasteiger partial charge on any atom is 0.138 e. The third-order valence-corrected chi connectivity index (χ3v) is 14.3. The standard InChI is InChI=1S/C71H94N2O12/c1-48(37-74-12)75-38-49(2)76-39-50(3)77-40-51(4)78-41-52(5)79-42-53(6)80-43-54(7)81-44-55(8)82-45-56(9)83-46-57(10)84-47-58(11)85-66-33-31-65(32-34-66)71-72-69-67(63-27-23-61(24-28-63)59-19-15-13-16-20-59)35-36-68(70(69)73-71)64-29-25-62(26-30-64)60-21-17-14-18-22-60/h13-36,48-58H,37-47H2,1-12H3,(H,72,73). The van der Waals surface area contributed by atoms with Crippen LogP contribution in [0.3, 0.4) is 0 Å². The number of aromatic nitrogens is 2. The molecule has 0 spiro atoms. The van der Waals surface area contributed by atoms with Crippen LogP contribution in [0.15, 0.2) is 146 Å². The first-order valence-corrected chi connectivity index (χ1v) is 30.4. The van der Waals surface area contributed by atoms with Crippen molar-refractivity contribution in [2.24, 2.45) is 0 Å². The van der Waals surface area contributed by atoms with Gasteiger partial charge < -0.3 is 61.8 Å². The molecule has 7 rings (SSSR count). The van der Waals surface area contributed by atoms with Crippen molar-refractivity contribution < 1.29 is 56.8 Å². The molecule has 1 heterocycles. The van der Waals surface area contributed by atoms with Crippen molar-refractivity contribution in [2.75, 3.05) is 79.8 Å². The Balaban J connectivity index is 0.772. The second-order valence-corrected chi connectivity index (χ2v) is 22.7. The van der Waals surface area contributed by atoms with E-state index in [1.165, 1.54) is 22.3 Å². The van der Waals surface area contributed by atoms with Gasteiger partial charge in [-0.2, -0.15) is 0 Å². The second kappa shape index (κ2) is 35.1. The Kier molecular flexibility index (Phi) is 27.5. The van der Waals surface area contributed by atoms with Crippen molar-refractivity contribution in [3.63, 3.8) is 0 Å². The molecule has 460 valence electrons. The number of ether oxygens (including phenoxy) is 12. The maximum absolute atomic E-state index is 6.32. The highest BCUT2D eigenvalue weighted by Gasteiger charge is 2.19. The molecule has 1 aromatic heterocycles. The van der Waals surface area contributed by atoms with E-state index in [0.29, 0.717) is 72.7 Å². The van der Waals surface area contributed by atoms with E-state index in [1.807, 2.05) is 100 Å². The molecular weight excluding hydrogens is 1070 g/mol. The van der Waals surface area contributed by atoms with E-state index < -0.39 is 0 Å². The van der Waals surface area contributed by atoms with E-state index in [2.05, 4.69) is 126 Å². The van der Waals surface area contributed by atoms with E-state index >= 15 is 0 Å². The van der Waals surface area contributed by atoms with Gasteiger partial charge in [0.1, 0.15) is 17.7 Å². The molecule has 0 aliphatic carbocycles. The molecule has 0 saturated carbocycles. The fourth-order valence-corrected chi connectivity index (χ4v) is 9.32. The summed E-state index contributed by atoms with van der Waals surface area (Å²) in [5.74, 6) is 1.53. The van der Waals surface area contributed by atoms with Crippen molar-refractivity contribution in [2.45, 2.75) is 143 Å². The van der Waals surface area contributed by atoms with Gasteiger partial charge in [-0.1, -0.05) is 121 Å². The molecule has 0 aliphatic rings. The summed E-state index contributed by atoms with van der Waals surface area (Å²) >= 11 is 0. The van der Waals surface area contributed by atoms with Crippen LogP contribution in [0, 0.1) is 0 Å². The first kappa shape index (κ1) is 66.7. The van der Waals surface area contributed by atoms with Gasteiger partial charge >= 0.3 is 0 Å². The maximum atomic E-state index is 6.32. The van der Waals surface area contributed by atoms with Gasteiger partial charge in [-0.05, 0) is 134 Å². The predicted molar refractivity (Wildman–Crippen MR) is 339 cm³/mol. The topological polar surface area (TPSA) is 139 Å². The first-order chi connectivity index (χ1) is 41.1. The van der Waals surface area contributed by atoms with Crippen molar-refractivity contribution in [3.05, 3.63) is 146 Å². The molecule has 7 aromatic rings. The molecule has 6 aromatic carbocycles. The van der Waals surface area contributed by atoms with Crippen LogP contribution in [0.4, 0.5) is 0 Å². The third-order valence-electron chi connectivity index (χ3n) is 14.3. The van der Waals surface area contributed by atoms with Crippen LogP contribution >= 0.6 is 0 Å². The van der Waals surface area contributed by atoms with Crippen LogP contribution in [-0.4, -0.2) is 157 Å². The molecule has 0 aliphatic heterocycles. The molecule has 1 N–H and O–H groups in total. The minimum absolute atomic E-state index is 0.0305. The Hall–Kier alpha value is -5.85. The minimum Gasteiger partial charge on any atom is -0.488 e. The molecule has 0 radical (unpaired) electrons. The number of fused-ring (bicyclic) bond motifs is 1. The van der Waals surface area contributed by atoms with Crippen LogP contribution in [0.5, 0.6) is 5.75 Å². The van der Waals surface area contributed by atoms with Gasteiger partial charge in [0.2, 0.25) is 0 Å². The van der Waals surface area contributed by atoms with Gasteiger partial charge in [0, 0.05) is 23.8 Å². The quantitative estimate of drug-likeness (QED) is 0.0391. The fourth-order valence-electron chi connectivity index (χ4n) is 9.32. The fraction of sp³-hybridized carbons (Fsp3) is 0.479. The average molecular weight is 1170 g/mol. The zero-order chi connectivity index (χ0) is 60.5. The number of aromatic amines is 1. The average Bonchev–Trinajstić information content (AvgIpc) is 2.05. The van der Waals surface area contributed by atoms with E-state index in [9.17, 15) is 0 Å². The van der Waals surface area contributed by atoms with Gasteiger partial charge in [0.15, 0.2) is 0 Å². The van der Waals surface area contributed by atoms with E-state index in [-0.39, 0.29) is 67.1 Å². The Morgan fingerprint density at radius 2 is 0.576 bits per heavy atom. The molecule has 0 bridgehead atoms. The Morgan fingerprint density at radius 3 is 0.929 bits per heavy atom. The first-order valence-electron chi connectivity index (χ1n) is 30.4. The molecule has 14 heteroatoms. The highest BCUT2D eigenvalue weighted by atomic mass is 16.6. The molecule has 0 saturated heterocycles. The molecule has 0 amide bonds. The normalized spacial score (nSPS) is 15.8. The zero-order valence-electron chi connectivity index (χ0n) is 52.3. The summed E-state index contributed by atoms with van der Waals surface area (Å²) in [6.45, 7) is 27.0. The van der Waals surface area contributed by atoms with Gasteiger partial charge in [0.25, 0.3) is 0 Å². The van der Waals surface area contributed by atoms with Crippen LogP contribution in [0.1, 0.15) is 76.2 Å². The summed E-state index contributed by atoms with van der Waals surface area (Å²) in [7, 11) is 1.67. The molecule has 11 unspecified atom stereocenters. The summed E-state index contributed by atoms with van der Waals surface area (Å²) in [5.41, 5.74) is 11.9. The zero-order valence-corrected chi connectivity index (χ0v) is 52.3. The summed E-state index contributed by atoms with van der Waals surface area (Å²) in [6.07, 6.45) is -1.04. The molecule has 85 heavy (non-hydrogen) atoms.